The van der Waals surface area contributed by atoms with E-state index >= 15 is 0 Å². The minimum absolute atomic E-state index is 0.627. The average molecular weight is 252 g/mol. The molecule has 0 saturated heterocycles. The Hall–Kier alpha value is -2.22. The summed E-state index contributed by atoms with van der Waals surface area (Å²) in [5, 5.41) is 4.72. The van der Waals surface area contributed by atoms with Crippen molar-refractivity contribution in [3.63, 3.8) is 0 Å². The highest BCUT2D eigenvalue weighted by molar-refractivity contribution is 6.01. The van der Waals surface area contributed by atoms with E-state index in [9.17, 15) is 0 Å². The number of ether oxygens (including phenoxy) is 2. The lowest BCUT2D eigenvalue weighted by atomic mass is 10.0. The smallest absolute Gasteiger partial charge is 0.168 e. The van der Waals surface area contributed by atoms with Crippen LogP contribution < -0.4 is 9.47 Å². The Kier molecular flexibility index (Phi) is 3.00. The fourth-order valence-electron chi connectivity index (χ4n) is 2.42. The zero-order valence-corrected chi connectivity index (χ0v) is 11.1. The van der Waals surface area contributed by atoms with Crippen molar-refractivity contribution < 1.29 is 9.47 Å². The molecule has 19 heavy (non-hydrogen) atoms. The number of rotatable bonds is 3. The van der Waals surface area contributed by atoms with Crippen molar-refractivity contribution in [2.45, 2.75) is 6.92 Å². The molecule has 2 heteroatoms. The fourth-order valence-corrected chi connectivity index (χ4v) is 2.42. The van der Waals surface area contributed by atoms with Gasteiger partial charge >= 0.3 is 0 Å². The lowest BCUT2D eigenvalue weighted by molar-refractivity contribution is 0.315. The summed E-state index contributed by atoms with van der Waals surface area (Å²) >= 11 is 0. The van der Waals surface area contributed by atoms with Gasteiger partial charge in [-0.3, -0.25) is 0 Å². The molecular formula is C17H16O2. The Labute approximate surface area is 112 Å². The SMILES string of the molecule is CCOc1c(OC)ccc2cc3ccccc3cc12. The minimum atomic E-state index is 0.627. The molecule has 3 aromatic carbocycles. The van der Waals surface area contributed by atoms with Gasteiger partial charge in [0.2, 0.25) is 0 Å². The topological polar surface area (TPSA) is 18.5 Å². The van der Waals surface area contributed by atoms with Crippen LogP contribution in [0.1, 0.15) is 6.92 Å². The first-order chi connectivity index (χ1) is 9.33. The summed E-state index contributed by atoms with van der Waals surface area (Å²) in [5.74, 6) is 1.61. The first-order valence-electron chi connectivity index (χ1n) is 6.46. The first-order valence-corrected chi connectivity index (χ1v) is 6.46. The van der Waals surface area contributed by atoms with Crippen molar-refractivity contribution in [3.8, 4) is 11.5 Å². The van der Waals surface area contributed by atoms with Gasteiger partial charge in [-0.2, -0.15) is 0 Å². The van der Waals surface area contributed by atoms with E-state index in [4.69, 9.17) is 9.47 Å². The van der Waals surface area contributed by atoms with Crippen LogP contribution in [0, 0.1) is 0 Å². The molecule has 0 aliphatic rings. The van der Waals surface area contributed by atoms with Crippen LogP contribution in [0.2, 0.25) is 0 Å². The largest absolute Gasteiger partial charge is 0.493 e. The van der Waals surface area contributed by atoms with Crippen LogP contribution in [0.15, 0.2) is 48.5 Å². The third-order valence-electron chi connectivity index (χ3n) is 3.31. The highest BCUT2D eigenvalue weighted by Gasteiger charge is 2.10. The molecule has 96 valence electrons. The predicted octanol–water partition coefficient (Wildman–Crippen LogP) is 4.40. The quantitative estimate of drug-likeness (QED) is 0.643. The van der Waals surface area contributed by atoms with Gasteiger partial charge in [0.1, 0.15) is 0 Å². The standard InChI is InChI=1S/C17H16O2/c1-3-19-17-15-11-13-7-5-4-6-12(13)10-14(15)8-9-16(17)18-2/h4-11H,3H2,1-2H3. The van der Waals surface area contributed by atoms with E-state index in [0.29, 0.717) is 6.61 Å². The van der Waals surface area contributed by atoms with Crippen molar-refractivity contribution in [1.29, 1.82) is 0 Å². The number of fused-ring (bicyclic) bond motifs is 2. The molecule has 0 N–H and O–H groups in total. The van der Waals surface area contributed by atoms with Gasteiger partial charge in [0, 0.05) is 5.39 Å². The predicted molar refractivity (Wildman–Crippen MR) is 79.2 cm³/mol. The molecule has 0 saturated carbocycles. The molecule has 3 rings (SSSR count). The zero-order chi connectivity index (χ0) is 13.2. The summed E-state index contributed by atoms with van der Waals surface area (Å²) < 4.78 is 11.2. The lowest BCUT2D eigenvalue weighted by Gasteiger charge is -2.13. The number of benzene rings is 3. The van der Waals surface area contributed by atoms with E-state index < -0.39 is 0 Å². The third kappa shape index (κ3) is 1.99. The first kappa shape index (κ1) is 11.8. The molecule has 0 spiro atoms. The van der Waals surface area contributed by atoms with E-state index in [2.05, 4.69) is 42.5 Å². The Morgan fingerprint density at radius 3 is 2.32 bits per heavy atom. The molecule has 0 aliphatic heterocycles. The third-order valence-corrected chi connectivity index (χ3v) is 3.31. The van der Waals surface area contributed by atoms with E-state index in [-0.39, 0.29) is 0 Å². The van der Waals surface area contributed by atoms with Crippen LogP contribution in [0.5, 0.6) is 11.5 Å². The van der Waals surface area contributed by atoms with Crippen molar-refractivity contribution in [3.05, 3.63) is 48.5 Å². The van der Waals surface area contributed by atoms with Crippen molar-refractivity contribution in [2.24, 2.45) is 0 Å². The Bertz CT molecular complexity index is 732. The molecular weight excluding hydrogens is 236 g/mol. The maximum Gasteiger partial charge on any atom is 0.168 e. The van der Waals surface area contributed by atoms with Gasteiger partial charge in [0.05, 0.1) is 13.7 Å². The van der Waals surface area contributed by atoms with Gasteiger partial charge in [0.25, 0.3) is 0 Å². The van der Waals surface area contributed by atoms with Crippen molar-refractivity contribution >= 4 is 21.5 Å². The summed E-state index contributed by atoms with van der Waals surface area (Å²) in [7, 11) is 1.67. The molecule has 0 heterocycles. The summed E-state index contributed by atoms with van der Waals surface area (Å²) in [6, 6.07) is 16.7. The van der Waals surface area contributed by atoms with Crippen LogP contribution in [0.4, 0.5) is 0 Å². The zero-order valence-electron chi connectivity index (χ0n) is 11.1. The van der Waals surface area contributed by atoms with Crippen LogP contribution in [0.25, 0.3) is 21.5 Å². The average Bonchev–Trinajstić information content (AvgIpc) is 2.46. The van der Waals surface area contributed by atoms with Gasteiger partial charge in [-0.05, 0) is 41.3 Å². The highest BCUT2D eigenvalue weighted by atomic mass is 16.5. The van der Waals surface area contributed by atoms with Gasteiger partial charge < -0.3 is 9.47 Å². The molecule has 0 atom stereocenters. The van der Waals surface area contributed by atoms with E-state index in [1.807, 2.05) is 13.0 Å². The summed E-state index contributed by atoms with van der Waals surface area (Å²) in [6.07, 6.45) is 0. The molecule has 0 radical (unpaired) electrons. The lowest BCUT2D eigenvalue weighted by Crippen LogP contribution is -1.96. The normalized spacial score (nSPS) is 10.8. The molecule has 2 nitrogen and oxygen atoms in total. The molecule has 3 aromatic rings. The minimum Gasteiger partial charge on any atom is -0.493 e. The fraction of sp³-hybridized carbons (Fsp3) is 0.176. The van der Waals surface area contributed by atoms with E-state index in [0.717, 1.165) is 16.9 Å². The Morgan fingerprint density at radius 1 is 0.895 bits per heavy atom. The van der Waals surface area contributed by atoms with Crippen molar-refractivity contribution in [1.82, 2.24) is 0 Å². The van der Waals surface area contributed by atoms with Crippen LogP contribution >= 0.6 is 0 Å². The summed E-state index contributed by atoms with van der Waals surface area (Å²) in [4.78, 5) is 0. The number of hydrogen-bond acceptors (Lipinski definition) is 2. The number of methoxy groups -OCH3 is 1. The molecule has 0 amide bonds. The van der Waals surface area contributed by atoms with E-state index in [1.165, 1.54) is 16.2 Å². The molecule has 0 fully saturated rings. The van der Waals surface area contributed by atoms with Gasteiger partial charge in [0.15, 0.2) is 11.5 Å². The molecule has 0 aliphatic carbocycles. The summed E-state index contributed by atoms with van der Waals surface area (Å²) in [5.41, 5.74) is 0. The van der Waals surface area contributed by atoms with Gasteiger partial charge in [-0.15, -0.1) is 0 Å². The second kappa shape index (κ2) is 4.81. The van der Waals surface area contributed by atoms with Gasteiger partial charge in [-0.25, -0.2) is 0 Å². The molecule has 0 unspecified atom stereocenters. The maximum absolute atomic E-state index is 5.77. The Morgan fingerprint density at radius 2 is 1.63 bits per heavy atom. The van der Waals surface area contributed by atoms with E-state index in [1.54, 1.807) is 7.11 Å². The maximum atomic E-state index is 5.77. The Balaban J connectivity index is 2.36. The molecule has 0 aromatic heterocycles. The summed E-state index contributed by atoms with van der Waals surface area (Å²) in [6.45, 7) is 2.61. The molecule has 0 bridgehead atoms. The van der Waals surface area contributed by atoms with Crippen LogP contribution in [-0.4, -0.2) is 13.7 Å². The second-order valence-corrected chi connectivity index (χ2v) is 4.45. The number of hydrogen-bond donors (Lipinski definition) is 0. The van der Waals surface area contributed by atoms with Crippen LogP contribution in [0.3, 0.4) is 0 Å². The monoisotopic (exact) mass is 252 g/mol. The van der Waals surface area contributed by atoms with Crippen LogP contribution in [-0.2, 0) is 0 Å². The highest BCUT2D eigenvalue weighted by Crippen LogP contribution is 2.37. The second-order valence-electron chi connectivity index (χ2n) is 4.45. The van der Waals surface area contributed by atoms with Crippen molar-refractivity contribution in [2.75, 3.05) is 13.7 Å². The van der Waals surface area contributed by atoms with Gasteiger partial charge in [-0.1, -0.05) is 30.3 Å².